The van der Waals surface area contributed by atoms with Gasteiger partial charge in [0.2, 0.25) is 0 Å². The van der Waals surface area contributed by atoms with E-state index in [1.165, 1.54) is 25.9 Å². The number of piperidine rings is 1. The van der Waals surface area contributed by atoms with Gasteiger partial charge in [-0.3, -0.25) is 9.88 Å². The summed E-state index contributed by atoms with van der Waals surface area (Å²) in [6, 6.07) is 6.37. The van der Waals surface area contributed by atoms with Gasteiger partial charge in [-0.25, -0.2) is 0 Å². The Hall–Kier alpha value is -0.970. The molecule has 4 nitrogen and oxygen atoms in total. The monoisotopic (exact) mass is 276 g/mol. The SMILES string of the molecule is CC(N)C(c1ccccn1)N(C)CC1CCN(C)CC1. The van der Waals surface area contributed by atoms with Crippen molar-refractivity contribution in [2.24, 2.45) is 11.7 Å². The maximum atomic E-state index is 6.21. The Kier molecular flexibility index (Phi) is 5.52. The molecule has 1 aromatic heterocycles. The summed E-state index contributed by atoms with van der Waals surface area (Å²) in [5.74, 6) is 0.779. The van der Waals surface area contributed by atoms with E-state index < -0.39 is 0 Å². The average Bonchev–Trinajstić information content (AvgIpc) is 2.42. The highest BCUT2D eigenvalue weighted by Crippen LogP contribution is 2.24. The molecule has 2 unspecified atom stereocenters. The third-order valence-corrected chi connectivity index (χ3v) is 4.35. The zero-order valence-electron chi connectivity index (χ0n) is 13.0. The van der Waals surface area contributed by atoms with E-state index in [2.05, 4.69) is 41.9 Å². The smallest absolute Gasteiger partial charge is 0.0668 e. The number of likely N-dealkylation sites (tertiary alicyclic amines) is 1. The first-order chi connectivity index (χ1) is 9.58. The van der Waals surface area contributed by atoms with Crippen LogP contribution < -0.4 is 5.73 Å². The molecule has 112 valence electrons. The van der Waals surface area contributed by atoms with Crippen molar-refractivity contribution in [3.8, 4) is 0 Å². The Morgan fingerprint density at radius 3 is 2.65 bits per heavy atom. The number of hydrogen-bond donors (Lipinski definition) is 1. The van der Waals surface area contributed by atoms with E-state index in [0.717, 1.165) is 18.2 Å². The van der Waals surface area contributed by atoms with Gasteiger partial charge in [0.15, 0.2) is 0 Å². The van der Waals surface area contributed by atoms with Crippen molar-refractivity contribution >= 4 is 0 Å². The molecule has 2 rings (SSSR count). The molecule has 2 heterocycles. The number of rotatable bonds is 5. The zero-order chi connectivity index (χ0) is 14.5. The summed E-state index contributed by atoms with van der Waals surface area (Å²) in [4.78, 5) is 9.30. The van der Waals surface area contributed by atoms with Crippen LogP contribution in [0, 0.1) is 5.92 Å². The lowest BCUT2D eigenvalue weighted by molar-refractivity contribution is 0.138. The number of hydrogen-bond acceptors (Lipinski definition) is 4. The van der Waals surface area contributed by atoms with Crippen LogP contribution in [0.2, 0.25) is 0 Å². The third kappa shape index (κ3) is 4.01. The molecule has 0 saturated carbocycles. The Bertz CT molecular complexity index is 385. The fraction of sp³-hybridized carbons (Fsp3) is 0.688. The Morgan fingerprint density at radius 1 is 1.40 bits per heavy atom. The Balaban J connectivity index is 1.99. The van der Waals surface area contributed by atoms with Crippen LogP contribution in [0.15, 0.2) is 24.4 Å². The largest absolute Gasteiger partial charge is 0.326 e. The predicted molar refractivity (Wildman–Crippen MR) is 83.5 cm³/mol. The van der Waals surface area contributed by atoms with Crippen LogP contribution >= 0.6 is 0 Å². The summed E-state index contributed by atoms with van der Waals surface area (Å²) in [5.41, 5.74) is 7.29. The first kappa shape index (κ1) is 15.4. The lowest BCUT2D eigenvalue weighted by Crippen LogP contribution is -2.42. The summed E-state index contributed by atoms with van der Waals surface area (Å²) < 4.78 is 0. The predicted octanol–water partition coefficient (Wildman–Crippen LogP) is 1.74. The van der Waals surface area contributed by atoms with Crippen molar-refractivity contribution in [3.63, 3.8) is 0 Å². The van der Waals surface area contributed by atoms with Crippen molar-refractivity contribution in [3.05, 3.63) is 30.1 Å². The molecule has 1 aliphatic heterocycles. The second-order valence-corrected chi connectivity index (χ2v) is 6.24. The van der Waals surface area contributed by atoms with Crippen LogP contribution in [0.3, 0.4) is 0 Å². The van der Waals surface area contributed by atoms with Crippen LogP contribution in [0.25, 0.3) is 0 Å². The molecule has 1 saturated heterocycles. The lowest BCUT2D eigenvalue weighted by Gasteiger charge is -2.36. The fourth-order valence-corrected chi connectivity index (χ4v) is 3.21. The second-order valence-electron chi connectivity index (χ2n) is 6.24. The van der Waals surface area contributed by atoms with Crippen molar-refractivity contribution in [1.29, 1.82) is 0 Å². The van der Waals surface area contributed by atoms with Crippen LogP contribution in [0.1, 0.15) is 31.5 Å². The van der Waals surface area contributed by atoms with Gasteiger partial charge in [-0.1, -0.05) is 6.07 Å². The topological polar surface area (TPSA) is 45.4 Å². The molecule has 1 aromatic rings. The van der Waals surface area contributed by atoms with E-state index in [-0.39, 0.29) is 12.1 Å². The van der Waals surface area contributed by atoms with Crippen molar-refractivity contribution in [2.75, 3.05) is 33.7 Å². The number of nitrogens with zero attached hydrogens (tertiary/aromatic N) is 3. The second kappa shape index (κ2) is 7.16. The van der Waals surface area contributed by atoms with E-state index in [0.29, 0.717) is 0 Å². The number of nitrogens with two attached hydrogens (primary N) is 1. The lowest BCUT2D eigenvalue weighted by atomic mass is 9.95. The van der Waals surface area contributed by atoms with E-state index >= 15 is 0 Å². The average molecular weight is 276 g/mol. The Morgan fingerprint density at radius 2 is 2.10 bits per heavy atom. The van der Waals surface area contributed by atoms with Crippen molar-refractivity contribution in [1.82, 2.24) is 14.8 Å². The summed E-state index contributed by atoms with van der Waals surface area (Å²) in [6.07, 6.45) is 4.43. The highest BCUT2D eigenvalue weighted by Gasteiger charge is 2.26. The standard InChI is InChI=1S/C16H28N4/c1-13(17)16(15-6-4-5-9-18-15)20(3)12-14-7-10-19(2)11-8-14/h4-6,9,13-14,16H,7-8,10-12,17H2,1-3H3. The molecule has 4 heteroatoms. The maximum Gasteiger partial charge on any atom is 0.0668 e. The molecule has 0 spiro atoms. The molecular formula is C16H28N4. The molecule has 0 aromatic carbocycles. The highest BCUT2D eigenvalue weighted by atomic mass is 15.2. The molecule has 0 amide bonds. The van der Waals surface area contributed by atoms with E-state index in [9.17, 15) is 0 Å². The molecule has 0 aliphatic carbocycles. The molecular weight excluding hydrogens is 248 g/mol. The summed E-state index contributed by atoms with van der Waals surface area (Å²) in [6.45, 7) is 5.61. The van der Waals surface area contributed by atoms with Gasteiger partial charge in [-0.2, -0.15) is 0 Å². The van der Waals surface area contributed by atoms with Gasteiger partial charge in [-0.15, -0.1) is 0 Å². The van der Waals surface area contributed by atoms with Gasteiger partial charge in [-0.05, 0) is 65.0 Å². The fourth-order valence-electron chi connectivity index (χ4n) is 3.21. The molecule has 20 heavy (non-hydrogen) atoms. The molecule has 1 aliphatic rings. The van der Waals surface area contributed by atoms with E-state index in [1.54, 1.807) is 0 Å². The first-order valence-corrected chi connectivity index (χ1v) is 7.63. The number of likely N-dealkylation sites (N-methyl/N-ethyl adjacent to an activating group) is 1. The van der Waals surface area contributed by atoms with Gasteiger partial charge in [0, 0.05) is 18.8 Å². The zero-order valence-corrected chi connectivity index (χ0v) is 13.0. The van der Waals surface area contributed by atoms with Crippen molar-refractivity contribution in [2.45, 2.75) is 31.8 Å². The minimum absolute atomic E-state index is 0.0844. The number of pyridine rings is 1. The Labute approximate surface area is 123 Å². The first-order valence-electron chi connectivity index (χ1n) is 7.63. The van der Waals surface area contributed by atoms with Gasteiger partial charge >= 0.3 is 0 Å². The van der Waals surface area contributed by atoms with Crippen LogP contribution in [0.4, 0.5) is 0 Å². The quantitative estimate of drug-likeness (QED) is 0.890. The summed E-state index contributed by atoms with van der Waals surface area (Å²) in [5, 5.41) is 0. The van der Waals surface area contributed by atoms with Crippen LogP contribution in [-0.4, -0.2) is 54.6 Å². The van der Waals surface area contributed by atoms with Gasteiger partial charge in [0.25, 0.3) is 0 Å². The third-order valence-electron chi connectivity index (χ3n) is 4.35. The van der Waals surface area contributed by atoms with E-state index in [4.69, 9.17) is 5.73 Å². The molecule has 0 bridgehead atoms. The molecule has 2 atom stereocenters. The van der Waals surface area contributed by atoms with Crippen molar-refractivity contribution < 1.29 is 0 Å². The van der Waals surface area contributed by atoms with Gasteiger partial charge in [0.1, 0.15) is 0 Å². The molecule has 1 fully saturated rings. The van der Waals surface area contributed by atoms with E-state index in [1.807, 2.05) is 18.3 Å². The van der Waals surface area contributed by atoms with Crippen LogP contribution in [-0.2, 0) is 0 Å². The van der Waals surface area contributed by atoms with Gasteiger partial charge in [0.05, 0.1) is 11.7 Å². The van der Waals surface area contributed by atoms with Gasteiger partial charge < -0.3 is 10.6 Å². The molecule has 0 radical (unpaired) electrons. The minimum Gasteiger partial charge on any atom is -0.326 e. The highest BCUT2D eigenvalue weighted by molar-refractivity contribution is 5.11. The summed E-state index contributed by atoms with van der Waals surface area (Å²) in [7, 11) is 4.39. The summed E-state index contributed by atoms with van der Waals surface area (Å²) >= 11 is 0. The molecule has 2 N–H and O–H groups in total. The number of aromatic nitrogens is 1. The maximum absolute atomic E-state index is 6.21. The minimum atomic E-state index is 0.0844. The van der Waals surface area contributed by atoms with Crippen LogP contribution in [0.5, 0.6) is 0 Å². The normalized spacial score (nSPS) is 21.1.